The zero-order valence-electron chi connectivity index (χ0n) is 17.6. The SMILES string of the molecule is CC(C)=CCC(O)/C(C)=C/CC/C(C)=C/CC1(O)Oc2cccc(C)c2C1=O. The molecular formula is C24H32O4. The van der Waals surface area contributed by atoms with Gasteiger partial charge in [-0.15, -0.1) is 0 Å². The number of hydrogen-bond acceptors (Lipinski definition) is 4. The maximum absolute atomic E-state index is 12.6. The average molecular weight is 385 g/mol. The van der Waals surface area contributed by atoms with Crippen LogP contribution < -0.4 is 4.74 Å². The number of carbonyl (C=O) groups is 1. The molecule has 1 aliphatic rings. The van der Waals surface area contributed by atoms with E-state index in [4.69, 9.17) is 4.74 Å². The van der Waals surface area contributed by atoms with Crippen molar-refractivity contribution in [2.75, 3.05) is 0 Å². The number of rotatable bonds is 8. The van der Waals surface area contributed by atoms with Crippen LogP contribution in [0.5, 0.6) is 5.75 Å². The number of hydrogen-bond donors (Lipinski definition) is 2. The highest BCUT2D eigenvalue weighted by Gasteiger charge is 2.46. The van der Waals surface area contributed by atoms with Gasteiger partial charge in [0.15, 0.2) is 0 Å². The number of aliphatic hydroxyl groups excluding tert-OH is 1. The van der Waals surface area contributed by atoms with E-state index in [9.17, 15) is 15.0 Å². The van der Waals surface area contributed by atoms with Crippen LogP contribution in [0.1, 0.15) is 69.3 Å². The summed E-state index contributed by atoms with van der Waals surface area (Å²) in [6.45, 7) is 9.80. The molecule has 0 amide bonds. The van der Waals surface area contributed by atoms with Crippen LogP contribution in [-0.4, -0.2) is 27.9 Å². The summed E-state index contributed by atoms with van der Waals surface area (Å²) in [4.78, 5) is 12.6. The molecule has 4 heteroatoms. The Kier molecular flexibility index (Phi) is 7.39. The molecular weight excluding hydrogens is 352 g/mol. The molecule has 2 rings (SSSR count). The topological polar surface area (TPSA) is 66.8 Å². The number of aryl methyl sites for hydroxylation is 1. The number of ketones is 1. The molecule has 0 bridgehead atoms. The van der Waals surface area contributed by atoms with Gasteiger partial charge in [0, 0.05) is 6.42 Å². The second kappa shape index (κ2) is 9.35. The maximum Gasteiger partial charge on any atom is 0.276 e. The predicted molar refractivity (Wildman–Crippen MR) is 113 cm³/mol. The van der Waals surface area contributed by atoms with Crippen LogP contribution in [0.2, 0.25) is 0 Å². The minimum absolute atomic E-state index is 0.123. The fourth-order valence-corrected chi connectivity index (χ4v) is 3.19. The molecule has 1 heterocycles. The molecule has 2 unspecified atom stereocenters. The molecule has 0 aliphatic carbocycles. The van der Waals surface area contributed by atoms with Gasteiger partial charge >= 0.3 is 0 Å². The van der Waals surface area contributed by atoms with Crippen molar-refractivity contribution in [3.63, 3.8) is 0 Å². The third kappa shape index (κ3) is 5.43. The van der Waals surface area contributed by atoms with Crippen molar-refractivity contribution in [3.8, 4) is 5.75 Å². The lowest BCUT2D eigenvalue weighted by molar-refractivity contribution is -0.0871. The van der Waals surface area contributed by atoms with Gasteiger partial charge < -0.3 is 14.9 Å². The zero-order valence-corrected chi connectivity index (χ0v) is 17.6. The monoisotopic (exact) mass is 384 g/mol. The van der Waals surface area contributed by atoms with Crippen molar-refractivity contribution >= 4 is 5.78 Å². The molecule has 28 heavy (non-hydrogen) atoms. The lowest BCUT2D eigenvalue weighted by Crippen LogP contribution is -2.39. The number of ether oxygens (including phenoxy) is 1. The number of fused-ring (bicyclic) bond motifs is 1. The Morgan fingerprint density at radius 1 is 1.18 bits per heavy atom. The Bertz CT molecular complexity index is 812. The van der Waals surface area contributed by atoms with Crippen LogP contribution in [0, 0.1) is 6.92 Å². The van der Waals surface area contributed by atoms with E-state index in [0.29, 0.717) is 17.7 Å². The third-order valence-corrected chi connectivity index (χ3v) is 5.10. The maximum atomic E-state index is 12.6. The summed E-state index contributed by atoms with van der Waals surface area (Å²) >= 11 is 0. The number of benzene rings is 1. The number of carbonyl (C=O) groups excluding carboxylic acids is 1. The summed E-state index contributed by atoms with van der Waals surface area (Å²) in [5.41, 5.74) is 4.51. The van der Waals surface area contributed by atoms with Gasteiger partial charge in [0.05, 0.1) is 11.7 Å². The van der Waals surface area contributed by atoms with E-state index in [2.05, 4.69) is 0 Å². The molecule has 152 valence electrons. The van der Waals surface area contributed by atoms with Gasteiger partial charge in [-0.05, 0) is 71.1 Å². The molecule has 2 atom stereocenters. The number of Topliss-reactive ketones (excluding diaryl/α,β-unsaturated/α-hetero) is 1. The van der Waals surface area contributed by atoms with Gasteiger partial charge in [-0.25, -0.2) is 0 Å². The first kappa shape index (κ1) is 22.1. The van der Waals surface area contributed by atoms with Crippen molar-refractivity contribution in [3.05, 3.63) is 64.3 Å². The fraction of sp³-hybridized carbons (Fsp3) is 0.458. The highest BCUT2D eigenvalue weighted by Crippen LogP contribution is 2.37. The summed E-state index contributed by atoms with van der Waals surface area (Å²) in [6, 6.07) is 5.37. The molecule has 0 saturated carbocycles. The van der Waals surface area contributed by atoms with Gasteiger partial charge in [0.2, 0.25) is 5.78 Å². The van der Waals surface area contributed by atoms with Crippen molar-refractivity contribution in [1.82, 2.24) is 0 Å². The first-order valence-electron chi connectivity index (χ1n) is 9.83. The second-order valence-corrected chi connectivity index (χ2v) is 7.94. The molecule has 0 spiro atoms. The first-order valence-corrected chi connectivity index (χ1v) is 9.83. The van der Waals surface area contributed by atoms with Gasteiger partial charge in [-0.2, -0.15) is 0 Å². The van der Waals surface area contributed by atoms with E-state index in [-0.39, 0.29) is 12.2 Å². The lowest BCUT2D eigenvalue weighted by Gasteiger charge is -2.19. The molecule has 4 nitrogen and oxygen atoms in total. The van der Waals surface area contributed by atoms with Gasteiger partial charge in [0.25, 0.3) is 5.79 Å². The van der Waals surface area contributed by atoms with Crippen LogP contribution in [-0.2, 0) is 0 Å². The van der Waals surface area contributed by atoms with Crippen molar-refractivity contribution in [1.29, 1.82) is 0 Å². The zero-order chi connectivity index (χ0) is 20.9. The molecule has 0 fully saturated rings. The first-order chi connectivity index (χ1) is 13.1. The quantitative estimate of drug-likeness (QED) is 0.616. The standard InChI is InChI=1S/C24H32O4/c1-16(2)12-13-20(25)18(4)9-6-8-17(3)14-15-24(27)23(26)22-19(5)10-7-11-21(22)28-24/h7,9-12,14,20,25,27H,6,8,13,15H2,1-5H3/b17-14+,18-9+. The molecule has 1 aromatic carbocycles. The van der Waals surface area contributed by atoms with Gasteiger partial charge in [0.1, 0.15) is 5.75 Å². The van der Waals surface area contributed by atoms with E-state index in [1.165, 1.54) is 5.57 Å². The Morgan fingerprint density at radius 3 is 2.54 bits per heavy atom. The highest BCUT2D eigenvalue weighted by atomic mass is 16.6. The van der Waals surface area contributed by atoms with E-state index < -0.39 is 11.9 Å². The average Bonchev–Trinajstić information content (AvgIpc) is 2.90. The molecule has 0 aromatic heterocycles. The Hall–Kier alpha value is -2.17. The minimum Gasteiger partial charge on any atom is -0.453 e. The summed E-state index contributed by atoms with van der Waals surface area (Å²) in [5, 5.41) is 20.8. The van der Waals surface area contributed by atoms with E-state index in [1.807, 2.05) is 65.0 Å². The third-order valence-electron chi connectivity index (χ3n) is 5.10. The Morgan fingerprint density at radius 2 is 1.89 bits per heavy atom. The van der Waals surface area contributed by atoms with Crippen LogP contribution in [0.25, 0.3) is 0 Å². The lowest BCUT2D eigenvalue weighted by atomic mass is 9.98. The van der Waals surface area contributed by atoms with E-state index >= 15 is 0 Å². The Balaban J connectivity index is 1.91. The molecule has 0 saturated heterocycles. The molecule has 2 N–H and O–H groups in total. The smallest absolute Gasteiger partial charge is 0.276 e. The van der Waals surface area contributed by atoms with Crippen molar-refractivity contribution < 1.29 is 19.7 Å². The largest absolute Gasteiger partial charge is 0.453 e. The Labute approximate surface area is 168 Å². The van der Waals surface area contributed by atoms with Crippen molar-refractivity contribution in [2.45, 2.75) is 72.2 Å². The number of aliphatic hydroxyl groups is 2. The highest BCUT2D eigenvalue weighted by molar-refractivity contribution is 6.07. The molecule has 1 aromatic rings. The van der Waals surface area contributed by atoms with Crippen LogP contribution in [0.3, 0.4) is 0 Å². The van der Waals surface area contributed by atoms with Gasteiger partial charge in [-0.1, -0.05) is 41.5 Å². The summed E-state index contributed by atoms with van der Waals surface area (Å²) in [7, 11) is 0. The van der Waals surface area contributed by atoms with Crippen LogP contribution >= 0.6 is 0 Å². The summed E-state index contributed by atoms with van der Waals surface area (Å²) in [5.74, 6) is -1.74. The van der Waals surface area contributed by atoms with Crippen LogP contribution in [0.4, 0.5) is 0 Å². The van der Waals surface area contributed by atoms with E-state index in [1.54, 1.807) is 6.07 Å². The second-order valence-electron chi connectivity index (χ2n) is 7.94. The minimum atomic E-state index is -1.82. The predicted octanol–water partition coefficient (Wildman–Crippen LogP) is 5.04. The van der Waals surface area contributed by atoms with E-state index in [0.717, 1.165) is 29.6 Å². The summed E-state index contributed by atoms with van der Waals surface area (Å²) in [6.07, 6.45) is 7.84. The van der Waals surface area contributed by atoms with Gasteiger partial charge in [-0.3, -0.25) is 4.79 Å². The molecule has 1 aliphatic heterocycles. The summed E-state index contributed by atoms with van der Waals surface area (Å²) < 4.78 is 5.57. The fourth-order valence-electron chi connectivity index (χ4n) is 3.19. The van der Waals surface area contributed by atoms with Crippen molar-refractivity contribution in [2.24, 2.45) is 0 Å². The van der Waals surface area contributed by atoms with Crippen LogP contribution in [0.15, 0.2) is 53.1 Å². The normalized spacial score (nSPS) is 20.6. The number of allylic oxidation sites excluding steroid dienone is 3. The molecule has 0 radical (unpaired) electrons.